The second kappa shape index (κ2) is 6.24. The molecular weight excluding hydrogens is 324 g/mol. The van der Waals surface area contributed by atoms with Crippen molar-refractivity contribution < 1.29 is 9.21 Å². The molecule has 3 aromatic rings. The van der Waals surface area contributed by atoms with E-state index in [1.807, 2.05) is 34.9 Å². The van der Waals surface area contributed by atoms with Crippen LogP contribution < -0.4 is 0 Å². The van der Waals surface area contributed by atoms with E-state index in [2.05, 4.69) is 14.5 Å². The van der Waals surface area contributed by atoms with E-state index in [0.29, 0.717) is 23.9 Å². The molecule has 0 aromatic carbocycles. The highest BCUT2D eigenvalue weighted by Crippen LogP contribution is 2.28. The van der Waals surface area contributed by atoms with Gasteiger partial charge in [0.05, 0.1) is 17.2 Å². The quantitative estimate of drug-likeness (QED) is 0.732. The van der Waals surface area contributed by atoms with E-state index in [1.54, 1.807) is 24.5 Å². The fourth-order valence-electron chi connectivity index (χ4n) is 3.12. The van der Waals surface area contributed by atoms with E-state index in [4.69, 9.17) is 4.42 Å². The van der Waals surface area contributed by atoms with Gasteiger partial charge in [-0.15, -0.1) is 11.3 Å². The SMILES string of the molecule is Cc1oc(-c2cccs2)nc1C(=O)N1CCC[C@@H](n2ccnc2)C1. The molecule has 0 unspecified atom stereocenters. The number of carbonyl (C=O) groups is 1. The van der Waals surface area contributed by atoms with Crippen LogP contribution in [0.3, 0.4) is 0 Å². The molecule has 7 heteroatoms. The summed E-state index contributed by atoms with van der Waals surface area (Å²) in [5.74, 6) is 1.05. The normalized spacial score (nSPS) is 18.0. The number of thiophene rings is 1. The number of likely N-dealkylation sites (tertiary alicyclic amines) is 1. The average Bonchev–Trinajstić information content (AvgIpc) is 3.35. The zero-order valence-corrected chi connectivity index (χ0v) is 14.2. The molecule has 1 fully saturated rings. The number of hydrogen-bond donors (Lipinski definition) is 0. The maximum atomic E-state index is 12.9. The van der Waals surface area contributed by atoms with Crippen LogP contribution in [0.4, 0.5) is 0 Å². The summed E-state index contributed by atoms with van der Waals surface area (Å²) in [6, 6.07) is 4.16. The Hall–Kier alpha value is -2.41. The number of carbonyl (C=O) groups excluding carboxylic acids is 1. The Labute approximate surface area is 143 Å². The van der Waals surface area contributed by atoms with Crippen LogP contribution in [0.1, 0.15) is 35.1 Å². The monoisotopic (exact) mass is 342 g/mol. The molecule has 24 heavy (non-hydrogen) atoms. The van der Waals surface area contributed by atoms with Gasteiger partial charge < -0.3 is 13.9 Å². The van der Waals surface area contributed by atoms with Gasteiger partial charge in [-0.2, -0.15) is 0 Å². The van der Waals surface area contributed by atoms with Gasteiger partial charge in [0.25, 0.3) is 5.91 Å². The molecule has 0 spiro atoms. The zero-order chi connectivity index (χ0) is 16.5. The highest BCUT2D eigenvalue weighted by atomic mass is 32.1. The largest absolute Gasteiger partial charge is 0.440 e. The lowest BCUT2D eigenvalue weighted by molar-refractivity contribution is 0.0672. The Morgan fingerprint density at radius 1 is 1.46 bits per heavy atom. The summed E-state index contributed by atoms with van der Waals surface area (Å²) in [7, 11) is 0. The van der Waals surface area contributed by atoms with Crippen LogP contribution in [0.2, 0.25) is 0 Å². The van der Waals surface area contributed by atoms with Crippen LogP contribution in [0.15, 0.2) is 40.7 Å². The molecule has 1 aliphatic rings. The highest BCUT2D eigenvalue weighted by Gasteiger charge is 2.28. The van der Waals surface area contributed by atoms with Crippen LogP contribution in [0.25, 0.3) is 10.8 Å². The second-order valence-corrected chi connectivity index (χ2v) is 6.91. The van der Waals surface area contributed by atoms with Gasteiger partial charge in [0.15, 0.2) is 5.69 Å². The first-order chi connectivity index (χ1) is 11.7. The van der Waals surface area contributed by atoms with Crippen LogP contribution in [0.5, 0.6) is 0 Å². The molecule has 6 nitrogen and oxygen atoms in total. The summed E-state index contributed by atoms with van der Waals surface area (Å²) in [5, 5.41) is 1.97. The van der Waals surface area contributed by atoms with E-state index >= 15 is 0 Å². The number of nitrogens with zero attached hydrogens (tertiary/aromatic N) is 4. The van der Waals surface area contributed by atoms with Crippen LogP contribution in [0, 0.1) is 6.92 Å². The molecule has 1 amide bonds. The number of hydrogen-bond acceptors (Lipinski definition) is 5. The Kier molecular flexibility index (Phi) is 3.93. The van der Waals surface area contributed by atoms with E-state index in [-0.39, 0.29) is 11.9 Å². The molecule has 0 N–H and O–H groups in total. The molecule has 4 heterocycles. The number of imidazole rings is 1. The van der Waals surface area contributed by atoms with Gasteiger partial charge >= 0.3 is 0 Å². The molecule has 4 rings (SSSR count). The van der Waals surface area contributed by atoms with E-state index in [1.165, 1.54) is 0 Å². The van der Waals surface area contributed by atoms with Crippen molar-refractivity contribution in [3.63, 3.8) is 0 Å². The maximum absolute atomic E-state index is 12.9. The molecule has 3 aromatic heterocycles. The summed E-state index contributed by atoms with van der Waals surface area (Å²) < 4.78 is 7.78. The number of oxazole rings is 1. The molecule has 0 aliphatic carbocycles. The third kappa shape index (κ3) is 2.75. The first-order valence-corrected chi connectivity index (χ1v) is 8.88. The van der Waals surface area contributed by atoms with Gasteiger partial charge in [-0.1, -0.05) is 6.07 Å². The summed E-state index contributed by atoms with van der Waals surface area (Å²) in [4.78, 5) is 24.3. The Bertz CT molecular complexity index is 823. The van der Waals surface area contributed by atoms with Crippen molar-refractivity contribution >= 4 is 17.2 Å². The number of piperidine rings is 1. The molecule has 1 atom stereocenters. The van der Waals surface area contributed by atoms with Gasteiger partial charge in [-0.05, 0) is 31.2 Å². The van der Waals surface area contributed by atoms with Crippen molar-refractivity contribution in [2.75, 3.05) is 13.1 Å². The third-order valence-corrected chi connectivity index (χ3v) is 5.22. The van der Waals surface area contributed by atoms with Gasteiger partial charge in [0, 0.05) is 25.5 Å². The molecule has 124 valence electrons. The van der Waals surface area contributed by atoms with Gasteiger partial charge in [0.1, 0.15) is 5.76 Å². The van der Waals surface area contributed by atoms with Crippen LogP contribution in [-0.4, -0.2) is 38.4 Å². The second-order valence-electron chi connectivity index (χ2n) is 5.96. The fourth-order valence-corrected chi connectivity index (χ4v) is 3.77. The Balaban J connectivity index is 1.55. The first-order valence-electron chi connectivity index (χ1n) is 8.00. The predicted molar refractivity (Wildman–Crippen MR) is 91.0 cm³/mol. The number of aromatic nitrogens is 3. The number of amides is 1. The van der Waals surface area contributed by atoms with Gasteiger partial charge in [-0.3, -0.25) is 4.79 Å². The first kappa shape index (κ1) is 15.1. The summed E-state index contributed by atoms with van der Waals surface area (Å²) in [5.41, 5.74) is 0.421. The van der Waals surface area contributed by atoms with Crippen molar-refractivity contribution in [1.82, 2.24) is 19.4 Å². The molecule has 0 radical (unpaired) electrons. The van der Waals surface area contributed by atoms with Crippen molar-refractivity contribution in [3.05, 3.63) is 47.7 Å². The lowest BCUT2D eigenvalue weighted by atomic mass is 10.1. The van der Waals surface area contributed by atoms with Crippen molar-refractivity contribution in [2.45, 2.75) is 25.8 Å². The Morgan fingerprint density at radius 3 is 3.12 bits per heavy atom. The topological polar surface area (TPSA) is 64.2 Å². The van der Waals surface area contributed by atoms with E-state index in [9.17, 15) is 4.79 Å². The molecular formula is C17H18N4O2S. The number of aryl methyl sites for hydroxylation is 1. The van der Waals surface area contributed by atoms with E-state index < -0.39 is 0 Å². The van der Waals surface area contributed by atoms with Crippen molar-refractivity contribution in [2.24, 2.45) is 0 Å². The molecule has 0 bridgehead atoms. The smallest absolute Gasteiger partial charge is 0.276 e. The number of rotatable bonds is 3. The maximum Gasteiger partial charge on any atom is 0.276 e. The predicted octanol–water partition coefficient (Wildman–Crippen LogP) is 3.39. The summed E-state index contributed by atoms with van der Waals surface area (Å²) in [6.45, 7) is 3.23. The molecule has 1 aliphatic heterocycles. The zero-order valence-electron chi connectivity index (χ0n) is 13.4. The van der Waals surface area contributed by atoms with Crippen LogP contribution in [-0.2, 0) is 0 Å². The summed E-state index contributed by atoms with van der Waals surface area (Å²) in [6.07, 6.45) is 7.57. The lowest BCUT2D eigenvalue weighted by Crippen LogP contribution is -2.40. The minimum atomic E-state index is -0.0520. The van der Waals surface area contributed by atoms with Gasteiger partial charge in [0.2, 0.25) is 5.89 Å². The fraction of sp³-hybridized carbons (Fsp3) is 0.353. The highest BCUT2D eigenvalue weighted by molar-refractivity contribution is 7.13. The summed E-state index contributed by atoms with van der Waals surface area (Å²) >= 11 is 1.55. The van der Waals surface area contributed by atoms with Crippen molar-refractivity contribution in [1.29, 1.82) is 0 Å². The minimum absolute atomic E-state index is 0.0520. The standard InChI is InChI=1S/C17H18N4O2S/c1-12-15(19-16(23-12)14-5-3-9-24-14)17(22)20-7-2-4-13(10-20)21-8-6-18-11-21/h3,5-6,8-9,11,13H,2,4,7,10H2,1H3/t13-/m1/s1. The van der Waals surface area contributed by atoms with Gasteiger partial charge in [-0.25, -0.2) is 9.97 Å². The van der Waals surface area contributed by atoms with Crippen LogP contribution >= 0.6 is 11.3 Å². The Morgan fingerprint density at radius 2 is 2.38 bits per heavy atom. The average molecular weight is 342 g/mol. The molecule has 1 saturated heterocycles. The minimum Gasteiger partial charge on any atom is -0.440 e. The lowest BCUT2D eigenvalue weighted by Gasteiger charge is -2.33. The van der Waals surface area contributed by atoms with E-state index in [0.717, 1.165) is 24.3 Å². The molecule has 0 saturated carbocycles. The van der Waals surface area contributed by atoms with Crippen molar-refractivity contribution in [3.8, 4) is 10.8 Å². The third-order valence-electron chi connectivity index (χ3n) is 4.36.